The largest absolute Gasteiger partial charge is 0.389 e. The van der Waals surface area contributed by atoms with Crippen molar-refractivity contribution in [1.29, 1.82) is 0 Å². The molecular weight excluding hydrogens is 190 g/mol. The molecule has 14 heavy (non-hydrogen) atoms. The van der Waals surface area contributed by atoms with E-state index in [4.69, 9.17) is 10.2 Å². The van der Waals surface area contributed by atoms with Crippen molar-refractivity contribution < 1.29 is 20.2 Å². The van der Waals surface area contributed by atoms with Crippen molar-refractivity contribution in [3.05, 3.63) is 10.1 Å². The first-order valence-corrected chi connectivity index (χ1v) is 4.45. The maximum atomic E-state index is 10.6. The Labute approximate surface area is 82.3 Å². The molecule has 84 valence electrons. The zero-order chi connectivity index (χ0) is 11.4. The minimum Gasteiger partial charge on any atom is -0.389 e. The van der Waals surface area contributed by atoms with Crippen LogP contribution >= 0.6 is 0 Å². The maximum Gasteiger partial charge on any atom is 0.292 e. The molecular formula is C8H17NO5. The van der Waals surface area contributed by atoms with Crippen molar-refractivity contribution in [3.63, 3.8) is 0 Å². The van der Waals surface area contributed by atoms with Gasteiger partial charge in [-0.2, -0.15) is 0 Å². The lowest BCUT2D eigenvalue weighted by Gasteiger charge is -2.27. The smallest absolute Gasteiger partial charge is 0.292 e. The summed E-state index contributed by atoms with van der Waals surface area (Å²) in [5.41, 5.74) is -2.04. The number of hydrogen-bond acceptors (Lipinski definition) is 5. The number of aliphatic hydroxyl groups excluding tert-OH is 3. The zero-order valence-electron chi connectivity index (χ0n) is 8.38. The Morgan fingerprint density at radius 3 is 2.00 bits per heavy atom. The topological polar surface area (TPSA) is 104 Å². The van der Waals surface area contributed by atoms with Crippen LogP contribution in [0.5, 0.6) is 0 Å². The number of aliphatic hydroxyl groups is 3. The second kappa shape index (κ2) is 5.23. The standard InChI is InChI=1S/C8H17NO5/c1-6(2)3-7(12)8(4-10,5-11)9(13)14/h6-7,10-12H,3-5H2,1-2H3. The second-order valence-electron chi connectivity index (χ2n) is 3.82. The van der Waals surface area contributed by atoms with E-state index in [0.717, 1.165) is 0 Å². The third-order valence-corrected chi connectivity index (χ3v) is 2.23. The first-order chi connectivity index (χ1) is 6.40. The van der Waals surface area contributed by atoms with E-state index in [-0.39, 0.29) is 12.3 Å². The van der Waals surface area contributed by atoms with Gasteiger partial charge in [-0.15, -0.1) is 0 Å². The van der Waals surface area contributed by atoms with Crippen molar-refractivity contribution in [2.45, 2.75) is 31.9 Å². The summed E-state index contributed by atoms with van der Waals surface area (Å²) in [7, 11) is 0. The average molecular weight is 207 g/mol. The monoisotopic (exact) mass is 207 g/mol. The highest BCUT2D eigenvalue weighted by atomic mass is 16.6. The quantitative estimate of drug-likeness (QED) is 0.398. The van der Waals surface area contributed by atoms with Crippen LogP contribution in [0.15, 0.2) is 0 Å². The van der Waals surface area contributed by atoms with E-state index in [0.29, 0.717) is 0 Å². The van der Waals surface area contributed by atoms with Gasteiger partial charge in [0.05, 0.1) is 0 Å². The predicted molar refractivity (Wildman–Crippen MR) is 49.4 cm³/mol. The van der Waals surface area contributed by atoms with Crippen LogP contribution in [0.3, 0.4) is 0 Å². The second-order valence-corrected chi connectivity index (χ2v) is 3.82. The lowest BCUT2D eigenvalue weighted by Crippen LogP contribution is -2.55. The summed E-state index contributed by atoms with van der Waals surface area (Å²) in [6.07, 6.45) is -1.17. The van der Waals surface area contributed by atoms with Gasteiger partial charge in [-0.1, -0.05) is 13.8 Å². The molecule has 0 aromatic rings. The molecule has 0 aliphatic carbocycles. The molecule has 0 amide bonds. The van der Waals surface area contributed by atoms with Crippen LogP contribution in [0.4, 0.5) is 0 Å². The first kappa shape index (κ1) is 13.3. The molecule has 0 saturated heterocycles. The van der Waals surface area contributed by atoms with Gasteiger partial charge in [0.25, 0.3) is 5.54 Å². The molecule has 0 rings (SSSR count). The van der Waals surface area contributed by atoms with E-state index in [2.05, 4.69) is 0 Å². The van der Waals surface area contributed by atoms with Crippen molar-refractivity contribution in [3.8, 4) is 0 Å². The fourth-order valence-corrected chi connectivity index (χ4v) is 1.16. The van der Waals surface area contributed by atoms with Gasteiger partial charge in [-0.05, 0) is 12.3 Å². The fraction of sp³-hybridized carbons (Fsp3) is 1.00. The Hall–Kier alpha value is -0.720. The minimum atomic E-state index is -2.04. The lowest BCUT2D eigenvalue weighted by atomic mass is 9.89. The van der Waals surface area contributed by atoms with E-state index >= 15 is 0 Å². The molecule has 1 atom stereocenters. The first-order valence-electron chi connectivity index (χ1n) is 4.45. The Kier molecular flexibility index (Phi) is 4.96. The summed E-state index contributed by atoms with van der Waals surface area (Å²) in [5.74, 6) is 0.0578. The molecule has 0 heterocycles. The highest BCUT2D eigenvalue weighted by Gasteiger charge is 2.49. The van der Waals surface area contributed by atoms with Gasteiger partial charge in [0, 0.05) is 4.92 Å². The third-order valence-electron chi connectivity index (χ3n) is 2.23. The molecule has 0 aromatic heterocycles. The maximum absolute atomic E-state index is 10.6. The molecule has 6 heteroatoms. The summed E-state index contributed by atoms with van der Waals surface area (Å²) < 4.78 is 0. The third kappa shape index (κ3) is 2.63. The van der Waals surface area contributed by atoms with Gasteiger partial charge in [0.15, 0.2) is 0 Å². The molecule has 0 fully saturated rings. The van der Waals surface area contributed by atoms with Crippen LogP contribution in [0.25, 0.3) is 0 Å². The number of rotatable bonds is 6. The predicted octanol–water partition coefficient (Wildman–Crippen LogP) is -0.607. The molecule has 1 unspecified atom stereocenters. The molecule has 0 bridgehead atoms. The summed E-state index contributed by atoms with van der Waals surface area (Å²) in [4.78, 5) is 9.81. The van der Waals surface area contributed by atoms with Gasteiger partial charge in [0.1, 0.15) is 19.3 Å². The molecule has 0 radical (unpaired) electrons. The van der Waals surface area contributed by atoms with E-state index in [1.807, 2.05) is 0 Å². The number of nitro groups is 1. The SMILES string of the molecule is CC(C)CC(O)C(CO)(CO)[N+](=O)[O-]. The van der Waals surface area contributed by atoms with Crippen molar-refractivity contribution in [2.24, 2.45) is 5.92 Å². The van der Waals surface area contributed by atoms with E-state index < -0.39 is 29.8 Å². The van der Waals surface area contributed by atoms with Crippen LogP contribution < -0.4 is 0 Å². The Morgan fingerprint density at radius 1 is 1.36 bits per heavy atom. The lowest BCUT2D eigenvalue weighted by molar-refractivity contribution is -0.590. The highest BCUT2D eigenvalue weighted by molar-refractivity contribution is 4.86. The van der Waals surface area contributed by atoms with Gasteiger partial charge >= 0.3 is 0 Å². The number of hydrogen-bond donors (Lipinski definition) is 3. The minimum absolute atomic E-state index is 0.0578. The molecule has 0 saturated carbocycles. The average Bonchev–Trinajstić information content (AvgIpc) is 2.05. The van der Waals surface area contributed by atoms with E-state index in [1.165, 1.54) is 0 Å². The van der Waals surface area contributed by atoms with Crippen molar-refractivity contribution in [2.75, 3.05) is 13.2 Å². The van der Waals surface area contributed by atoms with Crippen LogP contribution in [-0.2, 0) is 0 Å². The fourth-order valence-electron chi connectivity index (χ4n) is 1.16. The van der Waals surface area contributed by atoms with Crippen LogP contribution in [-0.4, -0.2) is 45.1 Å². The summed E-state index contributed by atoms with van der Waals surface area (Å²) >= 11 is 0. The normalized spacial score (nSPS) is 14.4. The molecule has 0 aromatic carbocycles. The highest BCUT2D eigenvalue weighted by Crippen LogP contribution is 2.20. The summed E-state index contributed by atoms with van der Waals surface area (Å²) in [5, 5.41) is 37.9. The van der Waals surface area contributed by atoms with Gasteiger partial charge in [-0.3, -0.25) is 10.1 Å². The summed E-state index contributed by atoms with van der Waals surface area (Å²) in [6, 6.07) is 0. The van der Waals surface area contributed by atoms with E-state index in [9.17, 15) is 15.2 Å². The molecule has 6 nitrogen and oxygen atoms in total. The van der Waals surface area contributed by atoms with Crippen LogP contribution in [0.2, 0.25) is 0 Å². The molecule has 0 aliphatic rings. The van der Waals surface area contributed by atoms with Gasteiger partial charge < -0.3 is 15.3 Å². The Morgan fingerprint density at radius 2 is 1.79 bits per heavy atom. The Bertz CT molecular complexity index is 190. The molecule has 0 aliphatic heterocycles. The van der Waals surface area contributed by atoms with Crippen molar-refractivity contribution in [1.82, 2.24) is 0 Å². The molecule has 0 spiro atoms. The van der Waals surface area contributed by atoms with E-state index in [1.54, 1.807) is 13.8 Å². The molecule has 3 N–H and O–H groups in total. The van der Waals surface area contributed by atoms with Crippen LogP contribution in [0.1, 0.15) is 20.3 Å². The summed E-state index contributed by atoms with van der Waals surface area (Å²) in [6.45, 7) is 1.85. The van der Waals surface area contributed by atoms with Crippen LogP contribution in [0, 0.1) is 16.0 Å². The number of nitrogens with zero attached hydrogens (tertiary/aromatic N) is 1. The van der Waals surface area contributed by atoms with Crippen molar-refractivity contribution >= 4 is 0 Å². The van der Waals surface area contributed by atoms with Gasteiger partial charge in [0.2, 0.25) is 0 Å². The van der Waals surface area contributed by atoms with Gasteiger partial charge in [-0.25, -0.2) is 0 Å². The Balaban J connectivity index is 4.71. The zero-order valence-corrected chi connectivity index (χ0v) is 8.38.